The van der Waals surface area contributed by atoms with Crippen molar-refractivity contribution in [2.24, 2.45) is 0 Å². The minimum Gasteiger partial charge on any atom is -0.313 e. The molecule has 0 saturated heterocycles. The predicted molar refractivity (Wildman–Crippen MR) is 62.9 cm³/mol. The summed E-state index contributed by atoms with van der Waals surface area (Å²) in [6, 6.07) is 8.56. The van der Waals surface area contributed by atoms with E-state index in [9.17, 15) is 0 Å². The van der Waals surface area contributed by atoms with Gasteiger partial charge in [-0.05, 0) is 17.7 Å². The second-order valence-electron chi connectivity index (χ2n) is 3.69. The van der Waals surface area contributed by atoms with E-state index in [-0.39, 0.29) is 0 Å². The fraction of sp³-hybridized carbons (Fsp3) is 0.333. The summed E-state index contributed by atoms with van der Waals surface area (Å²) in [4.78, 5) is 3.92. The van der Waals surface area contributed by atoms with Crippen molar-refractivity contribution in [2.75, 3.05) is 6.54 Å². The molecular weight excluding hydrogens is 200 g/mol. The van der Waals surface area contributed by atoms with Crippen LogP contribution in [-0.2, 0) is 13.1 Å². The molecule has 0 aliphatic heterocycles. The monoisotopic (exact) mass is 216 g/mol. The molecule has 0 saturated carbocycles. The van der Waals surface area contributed by atoms with Crippen molar-refractivity contribution in [3.63, 3.8) is 0 Å². The highest BCUT2D eigenvalue weighted by Crippen LogP contribution is 2.05. The van der Waals surface area contributed by atoms with E-state index in [2.05, 4.69) is 46.6 Å². The first kappa shape index (κ1) is 10.8. The van der Waals surface area contributed by atoms with E-state index in [1.807, 2.05) is 4.68 Å². The summed E-state index contributed by atoms with van der Waals surface area (Å²) in [6.45, 7) is 4.82. The van der Waals surface area contributed by atoms with Gasteiger partial charge >= 0.3 is 0 Å². The maximum atomic E-state index is 4.08. The molecule has 1 aromatic carbocycles. The Kier molecular flexibility index (Phi) is 3.66. The van der Waals surface area contributed by atoms with E-state index in [0.29, 0.717) is 0 Å². The third kappa shape index (κ3) is 2.90. The number of hydrogen-bond acceptors (Lipinski definition) is 3. The van der Waals surface area contributed by atoms with Crippen LogP contribution in [0.25, 0.3) is 0 Å². The van der Waals surface area contributed by atoms with Crippen LogP contribution in [0, 0.1) is 0 Å². The van der Waals surface area contributed by atoms with Gasteiger partial charge in [0.1, 0.15) is 12.7 Å². The first-order valence-corrected chi connectivity index (χ1v) is 5.49. The zero-order chi connectivity index (χ0) is 11.2. The second-order valence-corrected chi connectivity index (χ2v) is 3.69. The summed E-state index contributed by atoms with van der Waals surface area (Å²) in [7, 11) is 0. The second kappa shape index (κ2) is 5.42. The van der Waals surface area contributed by atoms with Crippen LogP contribution < -0.4 is 5.32 Å². The first-order valence-electron chi connectivity index (χ1n) is 5.49. The van der Waals surface area contributed by atoms with Crippen molar-refractivity contribution >= 4 is 0 Å². The molecule has 4 nitrogen and oxygen atoms in total. The lowest BCUT2D eigenvalue weighted by molar-refractivity contribution is 0.683. The zero-order valence-corrected chi connectivity index (χ0v) is 9.43. The Morgan fingerprint density at radius 2 is 1.94 bits per heavy atom. The molecular formula is C12H16N4. The fourth-order valence-electron chi connectivity index (χ4n) is 1.53. The maximum absolute atomic E-state index is 4.08. The minimum absolute atomic E-state index is 0.779. The number of hydrogen-bond donors (Lipinski definition) is 1. The zero-order valence-electron chi connectivity index (χ0n) is 9.43. The molecule has 1 heterocycles. The highest BCUT2D eigenvalue weighted by molar-refractivity contribution is 5.22. The third-order valence-electron chi connectivity index (χ3n) is 2.41. The molecule has 2 aromatic rings. The van der Waals surface area contributed by atoms with Crippen molar-refractivity contribution in [1.82, 2.24) is 20.1 Å². The van der Waals surface area contributed by atoms with E-state index >= 15 is 0 Å². The first-order chi connectivity index (χ1) is 7.88. The molecule has 1 aromatic heterocycles. The van der Waals surface area contributed by atoms with E-state index in [0.717, 1.165) is 19.6 Å². The number of benzene rings is 1. The van der Waals surface area contributed by atoms with Crippen molar-refractivity contribution in [3.8, 4) is 0 Å². The normalized spacial score (nSPS) is 10.6. The molecule has 0 bridgehead atoms. The summed E-state index contributed by atoms with van der Waals surface area (Å²) >= 11 is 0. The van der Waals surface area contributed by atoms with Crippen LogP contribution in [0.5, 0.6) is 0 Å². The summed E-state index contributed by atoms with van der Waals surface area (Å²) in [5.74, 6) is 0. The minimum atomic E-state index is 0.779. The molecule has 4 heteroatoms. The molecule has 16 heavy (non-hydrogen) atoms. The number of aromatic nitrogens is 3. The van der Waals surface area contributed by atoms with Gasteiger partial charge in [-0.2, -0.15) is 5.10 Å². The summed E-state index contributed by atoms with van der Waals surface area (Å²) < 4.78 is 1.82. The third-order valence-corrected chi connectivity index (χ3v) is 2.41. The van der Waals surface area contributed by atoms with Gasteiger partial charge in [0.05, 0.1) is 6.54 Å². The largest absolute Gasteiger partial charge is 0.313 e. The molecule has 0 spiro atoms. The Labute approximate surface area is 95.3 Å². The van der Waals surface area contributed by atoms with Gasteiger partial charge in [-0.25, -0.2) is 9.67 Å². The molecule has 0 amide bonds. The van der Waals surface area contributed by atoms with E-state index in [1.165, 1.54) is 11.1 Å². The van der Waals surface area contributed by atoms with Crippen LogP contribution in [0.3, 0.4) is 0 Å². The fourth-order valence-corrected chi connectivity index (χ4v) is 1.53. The predicted octanol–water partition coefficient (Wildman–Crippen LogP) is 1.44. The Balaban J connectivity index is 1.96. The maximum Gasteiger partial charge on any atom is 0.137 e. The SMILES string of the molecule is CCNCc1ccc(Cn2cncn2)cc1. The topological polar surface area (TPSA) is 42.7 Å². The van der Waals surface area contributed by atoms with Gasteiger partial charge in [0.25, 0.3) is 0 Å². The molecule has 2 rings (SSSR count). The Hall–Kier alpha value is -1.68. The van der Waals surface area contributed by atoms with E-state index < -0.39 is 0 Å². The van der Waals surface area contributed by atoms with Gasteiger partial charge < -0.3 is 5.32 Å². The van der Waals surface area contributed by atoms with Gasteiger partial charge in [0.2, 0.25) is 0 Å². The molecule has 0 atom stereocenters. The van der Waals surface area contributed by atoms with Crippen LogP contribution in [0.4, 0.5) is 0 Å². The lowest BCUT2D eigenvalue weighted by Gasteiger charge is -2.04. The summed E-state index contributed by atoms with van der Waals surface area (Å²) in [5, 5.41) is 7.38. The lowest BCUT2D eigenvalue weighted by Crippen LogP contribution is -2.11. The molecule has 0 aliphatic carbocycles. The average molecular weight is 216 g/mol. The molecule has 0 radical (unpaired) electrons. The van der Waals surface area contributed by atoms with E-state index in [1.54, 1.807) is 12.7 Å². The smallest absolute Gasteiger partial charge is 0.137 e. The van der Waals surface area contributed by atoms with E-state index in [4.69, 9.17) is 0 Å². The molecule has 0 fully saturated rings. The van der Waals surface area contributed by atoms with Crippen LogP contribution in [0.15, 0.2) is 36.9 Å². The van der Waals surface area contributed by atoms with Crippen LogP contribution in [0.2, 0.25) is 0 Å². The Morgan fingerprint density at radius 3 is 2.56 bits per heavy atom. The lowest BCUT2D eigenvalue weighted by atomic mass is 10.1. The molecule has 0 aliphatic rings. The van der Waals surface area contributed by atoms with Gasteiger partial charge in [-0.15, -0.1) is 0 Å². The molecule has 84 valence electrons. The van der Waals surface area contributed by atoms with Crippen LogP contribution in [0.1, 0.15) is 18.1 Å². The van der Waals surface area contributed by atoms with Crippen molar-refractivity contribution in [1.29, 1.82) is 0 Å². The number of rotatable bonds is 5. The number of nitrogens with zero attached hydrogens (tertiary/aromatic N) is 3. The van der Waals surface area contributed by atoms with Crippen LogP contribution >= 0.6 is 0 Å². The Bertz CT molecular complexity index is 405. The van der Waals surface area contributed by atoms with Gasteiger partial charge in [0, 0.05) is 6.54 Å². The van der Waals surface area contributed by atoms with Gasteiger partial charge in [-0.1, -0.05) is 31.2 Å². The van der Waals surface area contributed by atoms with Crippen molar-refractivity contribution in [2.45, 2.75) is 20.0 Å². The average Bonchev–Trinajstić information content (AvgIpc) is 2.81. The van der Waals surface area contributed by atoms with Gasteiger partial charge in [-0.3, -0.25) is 0 Å². The summed E-state index contributed by atoms with van der Waals surface area (Å²) in [5.41, 5.74) is 2.55. The standard InChI is InChI=1S/C12H16N4/c1-2-13-7-11-3-5-12(6-4-11)8-16-10-14-9-15-16/h3-6,9-10,13H,2,7-8H2,1H3. The number of nitrogens with one attached hydrogen (secondary N) is 1. The van der Waals surface area contributed by atoms with Crippen LogP contribution in [-0.4, -0.2) is 21.3 Å². The van der Waals surface area contributed by atoms with Crippen molar-refractivity contribution in [3.05, 3.63) is 48.0 Å². The van der Waals surface area contributed by atoms with Gasteiger partial charge in [0.15, 0.2) is 0 Å². The molecule has 1 N–H and O–H groups in total. The summed E-state index contributed by atoms with van der Waals surface area (Å²) in [6.07, 6.45) is 3.28. The Morgan fingerprint density at radius 1 is 1.19 bits per heavy atom. The molecule has 0 unspecified atom stereocenters. The quantitative estimate of drug-likeness (QED) is 0.822. The highest BCUT2D eigenvalue weighted by Gasteiger charge is 1.96. The highest BCUT2D eigenvalue weighted by atomic mass is 15.3. The van der Waals surface area contributed by atoms with Crippen molar-refractivity contribution < 1.29 is 0 Å².